The Balaban J connectivity index is -0.000000336. The van der Waals surface area contributed by atoms with Crippen molar-refractivity contribution in [3.05, 3.63) is 225 Å². The van der Waals surface area contributed by atoms with Gasteiger partial charge in [-0.15, -0.1) is 25.2 Å². The molecular formula is C84H156F6N24O18P6. The topological polar surface area (TPSA) is 559 Å². The summed E-state index contributed by atoms with van der Waals surface area (Å²) in [6.07, 6.45) is 97.9. The maximum absolute atomic E-state index is 10.4. The van der Waals surface area contributed by atoms with Gasteiger partial charge in [0, 0.05) is 227 Å². The summed E-state index contributed by atoms with van der Waals surface area (Å²) in [6, 6.07) is 0. The fourth-order valence-corrected chi connectivity index (χ4v) is 9.12. The summed E-state index contributed by atoms with van der Waals surface area (Å²) in [5.41, 5.74) is 0. The molecule has 12 N–H and O–H groups in total. The molecule has 0 bridgehead atoms. The summed E-state index contributed by atoms with van der Waals surface area (Å²) in [7, 11) is -30.8. The molecule has 138 heavy (non-hydrogen) atoms. The van der Waals surface area contributed by atoms with E-state index < -0.39 is 47.4 Å². The first kappa shape index (κ1) is 140. The van der Waals surface area contributed by atoms with Crippen molar-refractivity contribution in [3.8, 4) is 0 Å². The molecule has 54 heteroatoms. The highest BCUT2D eigenvalue weighted by Crippen LogP contribution is 2.37. The van der Waals surface area contributed by atoms with Gasteiger partial charge in [0.05, 0.1) is 75.9 Å². The Morgan fingerprint density at radius 3 is 0.254 bits per heavy atom. The lowest BCUT2D eigenvalue weighted by Crippen LogP contribution is -1.92. The largest absolute Gasteiger partial charge is 0.507 e. The number of aryl methyl sites for hydroxylation is 12. The van der Waals surface area contributed by atoms with Crippen LogP contribution < -0.4 is 0 Å². The van der Waals surface area contributed by atoms with Crippen LogP contribution in [0.15, 0.2) is 225 Å². The Labute approximate surface area is 809 Å². The van der Waals surface area contributed by atoms with E-state index in [9.17, 15) is 25.2 Å². The van der Waals surface area contributed by atoms with Gasteiger partial charge in [0.25, 0.3) is 0 Å². The van der Waals surface area contributed by atoms with Gasteiger partial charge in [-0.25, -0.2) is 87.2 Å². The average Bonchev–Trinajstić information content (AvgIpc) is 1.92. The molecule has 792 valence electrons. The highest BCUT2D eigenvalue weighted by molar-refractivity contribution is 7.47. The fourth-order valence-electron chi connectivity index (χ4n) is 9.12. The molecule has 0 unspecified atom stereocenters. The third kappa shape index (κ3) is 133. The minimum absolute atomic E-state index is 1.11. The van der Waals surface area contributed by atoms with Crippen molar-refractivity contribution in [1.82, 2.24) is 115 Å². The molecule has 12 aromatic heterocycles. The van der Waals surface area contributed by atoms with Gasteiger partial charge >= 0.3 is 47.4 Å². The van der Waals surface area contributed by atoms with Gasteiger partial charge in [-0.1, -0.05) is 160 Å². The highest BCUT2D eigenvalue weighted by atomic mass is 31.2. The van der Waals surface area contributed by atoms with E-state index in [1.54, 1.807) is 0 Å². The molecule has 12 aromatic rings. The van der Waals surface area contributed by atoms with Gasteiger partial charge < -0.3 is 54.8 Å². The molecular weight excluding hydrogens is 1930 g/mol. The first-order chi connectivity index (χ1) is 65.2. The molecule has 0 fully saturated rings. The molecule has 0 aliphatic carbocycles. The summed E-state index contributed by atoms with van der Waals surface area (Å²) in [5, 5.41) is 0. The van der Waals surface area contributed by atoms with E-state index in [-0.39, 0.29) is 0 Å². The Bertz CT molecular complexity index is 3550. The zero-order valence-electron chi connectivity index (χ0n) is 81.7. The summed E-state index contributed by atoms with van der Waals surface area (Å²) in [6.45, 7) is 39.6. The van der Waals surface area contributed by atoms with Crippen LogP contribution in [0.5, 0.6) is 0 Å². The zero-order chi connectivity index (χ0) is 105. The molecule has 0 spiro atoms. The van der Waals surface area contributed by atoms with Crippen molar-refractivity contribution in [2.45, 2.75) is 316 Å². The normalized spacial score (nSPS) is 10.3. The van der Waals surface area contributed by atoms with E-state index in [2.05, 4.69) is 198 Å². The Hall–Kier alpha value is -9.00. The van der Waals surface area contributed by atoms with E-state index >= 15 is 0 Å². The van der Waals surface area contributed by atoms with Crippen LogP contribution in [-0.4, -0.2) is 173 Å². The van der Waals surface area contributed by atoms with E-state index in [4.69, 9.17) is 86.1 Å². The number of unbranched alkanes of at least 4 members (excludes halogenated alkanes) is 12. The Kier molecular flexibility index (Phi) is 96.7. The summed E-state index contributed by atoms with van der Waals surface area (Å²) in [4.78, 5) is 131. The van der Waals surface area contributed by atoms with E-state index in [1.165, 1.54) is 154 Å². The molecule has 0 saturated carbocycles. The van der Waals surface area contributed by atoms with Crippen molar-refractivity contribution >= 4 is 47.4 Å². The second-order valence-corrected chi connectivity index (χ2v) is 34.4. The van der Waals surface area contributed by atoms with Gasteiger partial charge in [-0.05, 0) is 77.0 Å². The van der Waals surface area contributed by atoms with Crippen LogP contribution in [0.25, 0.3) is 0 Å². The van der Waals surface area contributed by atoms with Crippen molar-refractivity contribution < 1.29 is 111 Å². The maximum atomic E-state index is 10.4. The SMILES string of the molecule is CCCCn1ccnc1.CCCCn1ccnc1.CCCCn1ccnc1.CCCCn1ccnc1.CCCCn1ccnc1.CCCCn1ccnc1.CCCCn1ccnc1.CCCCn1ccnc1.CCCCn1ccnc1.CCCCn1ccnc1.CCCCn1ccnc1.CCCCn1ccnc1.O=P(O)(O)F.O=P(O)(O)F.O=P(O)(O)F.O=P(O)(O)F.O=P(O)(O)F.O=P(O)(O)F. The lowest BCUT2D eigenvalue weighted by atomic mass is 10.3. The minimum atomic E-state index is -5.14. The number of hydrogen-bond donors (Lipinski definition) is 12. The molecule has 0 amide bonds. The zero-order valence-corrected chi connectivity index (χ0v) is 87.1. The number of imidazole rings is 12. The summed E-state index contributed by atoms with van der Waals surface area (Å²) in [5.74, 6) is 0. The lowest BCUT2D eigenvalue weighted by Gasteiger charge is -1.96. The second-order valence-electron chi connectivity index (χ2n) is 28.7. The predicted octanol–water partition coefficient (Wildman–Crippen LogP) is 20.5. The van der Waals surface area contributed by atoms with Crippen LogP contribution >= 0.6 is 47.4 Å². The van der Waals surface area contributed by atoms with Gasteiger partial charge in [-0.3, -0.25) is 58.7 Å². The first-order valence-corrected chi connectivity index (χ1v) is 54.2. The number of aromatic nitrogens is 24. The summed E-state index contributed by atoms with van der Waals surface area (Å²) >= 11 is 0. The Morgan fingerprint density at radius 1 is 0.159 bits per heavy atom. The Morgan fingerprint density at radius 2 is 0.217 bits per heavy atom. The molecule has 42 nitrogen and oxygen atoms in total. The molecule has 0 radical (unpaired) electrons. The molecule has 0 aliphatic heterocycles. The standard InChI is InChI=1S/12C7H12N2.6FH2O3P/c12*1-2-3-5-9-6-4-8-7-9;6*1-5(2,3)4/h12*4,6-7H,2-3,5H2,1H3;6*(H2,2,3,4). The van der Waals surface area contributed by atoms with Gasteiger partial charge in [0.1, 0.15) is 0 Å². The average molecular weight is 2090 g/mol. The van der Waals surface area contributed by atoms with Crippen molar-refractivity contribution in [2.24, 2.45) is 0 Å². The smallest absolute Gasteiger partial charge is 0.337 e. The predicted molar refractivity (Wildman–Crippen MR) is 525 cm³/mol. The monoisotopic (exact) mass is 2090 g/mol. The highest BCUT2D eigenvalue weighted by Gasteiger charge is 2.08. The van der Waals surface area contributed by atoms with Gasteiger partial charge in [-0.2, -0.15) is 0 Å². The van der Waals surface area contributed by atoms with Crippen LogP contribution in [0, 0.1) is 0 Å². The molecule has 0 aliphatic rings. The quantitative estimate of drug-likeness (QED) is 0.0128. The third-order valence-corrected chi connectivity index (χ3v) is 15.9. The number of hydrogen-bond acceptors (Lipinski definition) is 18. The van der Waals surface area contributed by atoms with E-state index in [0.29, 0.717) is 0 Å². The maximum Gasteiger partial charge on any atom is 0.507 e. The van der Waals surface area contributed by atoms with Crippen molar-refractivity contribution in [1.29, 1.82) is 0 Å². The van der Waals surface area contributed by atoms with Crippen LogP contribution in [0.1, 0.15) is 237 Å². The molecule has 12 heterocycles. The van der Waals surface area contributed by atoms with Gasteiger partial charge in [0.15, 0.2) is 0 Å². The van der Waals surface area contributed by atoms with Gasteiger partial charge in [0.2, 0.25) is 0 Å². The lowest BCUT2D eigenvalue weighted by molar-refractivity contribution is 0.320. The van der Waals surface area contributed by atoms with Crippen LogP contribution in [0.3, 0.4) is 0 Å². The minimum Gasteiger partial charge on any atom is -0.337 e. The molecule has 0 saturated heterocycles. The second kappa shape index (κ2) is 95.5. The number of nitrogens with zero attached hydrogens (tertiary/aromatic N) is 24. The van der Waals surface area contributed by atoms with Crippen molar-refractivity contribution in [2.75, 3.05) is 0 Å². The number of halogens is 6. The molecule has 0 atom stereocenters. The first-order valence-electron chi connectivity index (χ1n) is 45.2. The van der Waals surface area contributed by atoms with Crippen LogP contribution in [0.4, 0.5) is 25.2 Å². The van der Waals surface area contributed by atoms with E-state index in [0.717, 1.165) is 78.5 Å². The van der Waals surface area contributed by atoms with Crippen LogP contribution in [0.2, 0.25) is 0 Å². The van der Waals surface area contributed by atoms with Crippen LogP contribution in [-0.2, 0) is 106 Å². The summed E-state index contributed by atoms with van der Waals surface area (Å²) < 4.78 is 139. The fraction of sp³-hybridized carbons (Fsp3) is 0.571. The van der Waals surface area contributed by atoms with Crippen molar-refractivity contribution in [3.63, 3.8) is 0 Å². The molecule has 0 aromatic carbocycles. The number of rotatable bonds is 36. The van der Waals surface area contributed by atoms with E-state index in [1.807, 2.05) is 225 Å². The third-order valence-electron chi connectivity index (χ3n) is 15.9. The molecule has 12 rings (SSSR count).